The summed E-state index contributed by atoms with van der Waals surface area (Å²) in [6, 6.07) is 9.54. The minimum atomic E-state index is -0.389. The predicted molar refractivity (Wildman–Crippen MR) is 84.6 cm³/mol. The quantitative estimate of drug-likeness (QED) is 0.851. The molecule has 0 heterocycles. The van der Waals surface area contributed by atoms with E-state index < -0.39 is 0 Å². The average Bonchev–Trinajstić information content (AvgIpc) is 2.45. The summed E-state index contributed by atoms with van der Waals surface area (Å²) in [7, 11) is 1.48. The molecule has 0 amide bonds. The number of methoxy groups -OCH3 is 1. The maximum Gasteiger partial charge on any atom is 0.133 e. The highest BCUT2D eigenvalue weighted by Gasteiger charge is 2.08. The zero-order valence-electron chi connectivity index (χ0n) is 11.2. The van der Waals surface area contributed by atoms with Crippen LogP contribution in [-0.2, 0) is 6.61 Å². The molecule has 0 saturated heterocycles. The van der Waals surface area contributed by atoms with E-state index in [9.17, 15) is 4.39 Å². The van der Waals surface area contributed by atoms with Crippen molar-refractivity contribution in [3.8, 4) is 11.5 Å². The van der Waals surface area contributed by atoms with Crippen molar-refractivity contribution in [2.75, 3.05) is 7.11 Å². The standard InChI is InChI=1S/C15H13ClFNO2S/c1-19-10-3-2-9(14(17)7-10)8-20-11-4-5-12(15(18)21)13(16)6-11/h2-7H,8H2,1H3,(H2,18,21). The highest BCUT2D eigenvalue weighted by molar-refractivity contribution is 7.80. The zero-order valence-corrected chi connectivity index (χ0v) is 12.8. The first kappa shape index (κ1) is 15.5. The van der Waals surface area contributed by atoms with Gasteiger partial charge in [0.1, 0.15) is 28.9 Å². The number of nitrogens with two attached hydrogens (primary N) is 1. The molecule has 0 aromatic heterocycles. The summed E-state index contributed by atoms with van der Waals surface area (Å²) in [4.78, 5) is 0.216. The summed E-state index contributed by atoms with van der Waals surface area (Å²) in [6.45, 7) is 0.0819. The number of thiocarbonyl (C=S) groups is 1. The number of halogens is 2. The predicted octanol–water partition coefficient (Wildman–Crippen LogP) is 3.70. The fourth-order valence-electron chi connectivity index (χ4n) is 1.72. The molecule has 0 bridgehead atoms. The lowest BCUT2D eigenvalue weighted by molar-refractivity contribution is 0.299. The van der Waals surface area contributed by atoms with E-state index in [2.05, 4.69) is 0 Å². The summed E-state index contributed by atoms with van der Waals surface area (Å²) in [6.07, 6.45) is 0. The van der Waals surface area contributed by atoms with Gasteiger partial charge in [-0.25, -0.2) is 4.39 Å². The van der Waals surface area contributed by atoms with Gasteiger partial charge in [0, 0.05) is 17.2 Å². The van der Waals surface area contributed by atoms with Gasteiger partial charge in [0.25, 0.3) is 0 Å². The Hall–Kier alpha value is -1.85. The lowest BCUT2D eigenvalue weighted by Crippen LogP contribution is -2.10. The van der Waals surface area contributed by atoms with Crippen LogP contribution < -0.4 is 15.2 Å². The molecule has 6 heteroatoms. The van der Waals surface area contributed by atoms with Crippen LogP contribution in [-0.4, -0.2) is 12.1 Å². The molecule has 2 N–H and O–H groups in total. The molecule has 0 aliphatic rings. The van der Waals surface area contributed by atoms with E-state index in [-0.39, 0.29) is 17.4 Å². The summed E-state index contributed by atoms with van der Waals surface area (Å²) in [5.74, 6) is 0.579. The zero-order chi connectivity index (χ0) is 15.4. The molecule has 2 aromatic carbocycles. The number of benzene rings is 2. The summed E-state index contributed by atoms with van der Waals surface area (Å²) in [5, 5.41) is 0.398. The van der Waals surface area contributed by atoms with Crippen molar-refractivity contribution in [1.29, 1.82) is 0 Å². The van der Waals surface area contributed by atoms with Crippen LogP contribution in [0.2, 0.25) is 5.02 Å². The van der Waals surface area contributed by atoms with Crippen molar-refractivity contribution < 1.29 is 13.9 Å². The third kappa shape index (κ3) is 3.83. The van der Waals surface area contributed by atoms with E-state index in [4.69, 9.17) is 39.0 Å². The first-order valence-electron chi connectivity index (χ1n) is 6.06. The van der Waals surface area contributed by atoms with E-state index in [1.54, 1.807) is 30.3 Å². The highest BCUT2D eigenvalue weighted by atomic mass is 35.5. The Labute approximate surface area is 132 Å². The lowest BCUT2D eigenvalue weighted by atomic mass is 10.2. The van der Waals surface area contributed by atoms with Crippen LogP contribution >= 0.6 is 23.8 Å². The summed E-state index contributed by atoms with van der Waals surface area (Å²) in [5.41, 5.74) is 6.52. The number of ether oxygens (including phenoxy) is 2. The molecule has 0 fully saturated rings. The summed E-state index contributed by atoms with van der Waals surface area (Å²) >= 11 is 10.9. The summed E-state index contributed by atoms with van der Waals surface area (Å²) < 4.78 is 24.2. The van der Waals surface area contributed by atoms with Crippen LogP contribution in [0.25, 0.3) is 0 Å². The van der Waals surface area contributed by atoms with Crippen LogP contribution in [0.4, 0.5) is 4.39 Å². The van der Waals surface area contributed by atoms with Crippen LogP contribution in [0, 0.1) is 5.82 Å². The van der Waals surface area contributed by atoms with Gasteiger partial charge in [-0.05, 0) is 30.3 Å². The molecule has 0 saturated carbocycles. The molecule has 0 atom stereocenters. The van der Waals surface area contributed by atoms with Crippen LogP contribution in [0.15, 0.2) is 36.4 Å². The molecule has 3 nitrogen and oxygen atoms in total. The van der Waals surface area contributed by atoms with E-state index >= 15 is 0 Å². The Morgan fingerprint density at radius 1 is 1.24 bits per heavy atom. The first-order chi connectivity index (χ1) is 10.0. The van der Waals surface area contributed by atoms with Crippen molar-refractivity contribution in [1.82, 2.24) is 0 Å². The molecule has 2 aromatic rings. The molecule has 0 radical (unpaired) electrons. The monoisotopic (exact) mass is 325 g/mol. The average molecular weight is 326 g/mol. The lowest BCUT2D eigenvalue weighted by Gasteiger charge is -2.10. The molecule has 0 aliphatic carbocycles. The molecular weight excluding hydrogens is 313 g/mol. The van der Waals surface area contributed by atoms with E-state index in [1.807, 2.05) is 0 Å². The van der Waals surface area contributed by atoms with Gasteiger partial charge < -0.3 is 15.2 Å². The van der Waals surface area contributed by atoms with Crippen molar-refractivity contribution in [3.63, 3.8) is 0 Å². The Kier molecular flexibility index (Phi) is 4.98. The SMILES string of the molecule is COc1ccc(COc2ccc(C(N)=S)c(Cl)c2)c(F)c1. The Balaban J connectivity index is 2.10. The maximum atomic E-state index is 13.8. The van der Waals surface area contributed by atoms with Crippen molar-refractivity contribution in [2.24, 2.45) is 5.73 Å². The van der Waals surface area contributed by atoms with Crippen molar-refractivity contribution in [3.05, 3.63) is 58.4 Å². The largest absolute Gasteiger partial charge is 0.497 e. The minimum Gasteiger partial charge on any atom is -0.497 e. The Bertz CT molecular complexity index is 679. The minimum absolute atomic E-state index is 0.0819. The van der Waals surface area contributed by atoms with Gasteiger partial charge in [0.15, 0.2) is 0 Å². The fraction of sp³-hybridized carbons (Fsp3) is 0.133. The van der Waals surface area contributed by atoms with Crippen LogP contribution in [0.1, 0.15) is 11.1 Å². The second kappa shape index (κ2) is 6.74. The molecule has 21 heavy (non-hydrogen) atoms. The molecule has 0 aliphatic heterocycles. The van der Waals surface area contributed by atoms with E-state index in [1.165, 1.54) is 13.2 Å². The smallest absolute Gasteiger partial charge is 0.133 e. The second-order valence-corrected chi connectivity index (χ2v) is 5.10. The number of hydrogen-bond acceptors (Lipinski definition) is 3. The Morgan fingerprint density at radius 3 is 2.52 bits per heavy atom. The maximum absolute atomic E-state index is 13.8. The van der Waals surface area contributed by atoms with Gasteiger partial charge in [-0.2, -0.15) is 0 Å². The third-order valence-electron chi connectivity index (χ3n) is 2.86. The topological polar surface area (TPSA) is 44.5 Å². The highest BCUT2D eigenvalue weighted by Crippen LogP contribution is 2.24. The van der Waals surface area contributed by atoms with E-state index in [0.29, 0.717) is 27.6 Å². The number of rotatable bonds is 5. The molecular formula is C15H13ClFNO2S. The van der Waals surface area contributed by atoms with Gasteiger partial charge in [-0.3, -0.25) is 0 Å². The van der Waals surface area contributed by atoms with Gasteiger partial charge >= 0.3 is 0 Å². The van der Waals surface area contributed by atoms with Gasteiger partial charge in [-0.1, -0.05) is 23.8 Å². The normalized spacial score (nSPS) is 10.2. The van der Waals surface area contributed by atoms with Crippen molar-refractivity contribution >= 4 is 28.8 Å². The molecule has 110 valence electrons. The molecule has 2 rings (SSSR count). The van der Waals surface area contributed by atoms with Crippen LogP contribution in [0.5, 0.6) is 11.5 Å². The van der Waals surface area contributed by atoms with Gasteiger partial charge in [0.2, 0.25) is 0 Å². The van der Waals surface area contributed by atoms with E-state index in [0.717, 1.165) is 0 Å². The molecule has 0 spiro atoms. The van der Waals surface area contributed by atoms with Gasteiger partial charge in [0.05, 0.1) is 12.1 Å². The van der Waals surface area contributed by atoms with Crippen molar-refractivity contribution in [2.45, 2.75) is 6.61 Å². The number of hydrogen-bond donors (Lipinski definition) is 1. The Morgan fingerprint density at radius 2 is 1.95 bits per heavy atom. The van der Waals surface area contributed by atoms with Crippen LogP contribution in [0.3, 0.4) is 0 Å². The fourth-order valence-corrected chi connectivity index (χ4v) is 2.22. The third-order valence-corrected chi connectivity index (χ3v) is 3.39. The van der Waals surface area contributed by atoms with Gasteiger partial charge in [-0.15, -0.1) is 0 Å². The first-order valence-corrected chi connectivity index (χ1v) is 6.84. The molecule has 0 unspecified atom stereocenters. The second-order valence-electron chi connectivity index (χ2n) is 4.25.